The van der Waals surface area contributed by atoms with E-state index in [1.807, 2.05) is 6.07 Å². The standard InChI is InChI=1S/C14H13NO3/c1-18-12-7-9(14(16)17)6-11-10(8-2-3-8)4-5-15-13(11)12/h4-8H,2-3H2,1H3,(H,16,17). The summed E-state index contributed by atoms with van der Waals surface area (Å²) in [5.74, 6) is 0.123. The molecule has 1 N–H and O–H groups in total. The minimum absolute atomic E-state index is 0.245. The van der Waals surface area contributed by atoms with Gasteiger partial charge in [0.05, 0.1) is 12.7 Å². The molecule has 18 heavy (non-hydrogen) atoms. The van der Waals surface area contributed by atoms with Crippen molar-refractivity contribution in [2.75, 3.05) is 7.11 Å². The first kappa shape index (κ1) is 11.0. The molecular formula is C14H13NO3. The zero-order chi connectivity index (χ0) is 12.7. The van der Waals surface area contributed by atoms with Crippen molar-refractivity contribution < 1.29 is 14.6 Å². The second-order valence-corrected chi connectivity index (χ2v) is 4.55. The van der Waals surface area contributed by atoms with E-state index < -0.39 is 5.97 Å². The third kappa shape index (κ3) is 1.70. The topological polar surface area (TPSA) is 59.4 Å². The Balaban J connectivity index is 2.32. The van der Waals surface area contributed by atoms with Crippen LogP contribution in [0, 0.1) is 0 Å². The van der Waals surface area contributed by atoms with Gasteiger partial charge in [0.25, 0.3) is 0 Å². The van der Waals surface area contributed by atoms with Crippen molar-refractivity contribution in [1.29, 1.82) is 0 Å². The summed E-state index contributed by atoms with van der Waals surface area (Å²) in [5.41, 5.74) is 2.17. The maximum absolute atomic E-state index is 11.1. The SMILES string of the molecule is COc1cc(C(=O)O)cc2c(C3CC3)ccnc12. The van der Waals surface area contributed by atoms with Crippen LogP contribution in [0.4, 0.5) is 0 Å². The fraction of sp³-hybridized carbons (Fsp3) is 0.286. The number of carboxylic acids is 1. The Labute approximate surface area is 104 Å². The molecule has 0 amide bonds. The number of carbonyl (C=O) groups is 1. The van der Waals surface area contributed by atoms with Gasteiger partial charge < -0.3 is 9.84 Å². The van der Waals surface area contributed by atoms with Crippen molar-refractivity contribution in [2.45, 2.75) is 18.8 Å². The summed E-state index contributed by atoms with van der Waals surface area (Å²) in [6.45, 7) is 0. The highest BCUT2D eigenvalue weighted by molar-refractivity contribution is 5.97. The van der Waals surface area contributed by atoms with E-state index in [0.717, 1.165) is 10.9 Å². The molecule has 1 aliphatic rings. The summed E-state index contributed by atoms with van der Waals surface area (Å²) in [5, 5.41) is 10.0. The molecule has 4 nitrogen and oxygen atoms in total. The lowest BCUT2D eigenvalue weighted by Gasteiger charge is -2.09. The average molecular weight is 243 g/mol. The summed E-state index contributed by atoms with van der Waals surface area (Å²) in [6.07, 6.45) is 4.09. The number of rotatable bonds is 3. The maximum atomic E-state index is 11.1. The first-order chi connectivity index (χ1) is 8.70. The van der Waals surface area contributed by atoms with E-state index in [4.69, 9.17) is 9.84 Å². The highest BCUT2D eigenvalue weighted by atomic mass is 16.5. The zero-order valence-electron chi connectivity index (χ0n) is 10.0. The van der Waals surface area contributed by atoms with E-state index in [-0.39, 0.29) is 5.56 Å². The number of hydrogen-bond acceptors (Lipinski definition) is 3. The molecule has 1 aliphatic carbocycles. The summed E-state index contributed by atoms with van der Waals surface area (Å²) in [6, 6.07) is 5.19. The number of aromatic nitrogens is 1. The Morgan fingerprint density at radius 1 is 1.44 bits per heavy atom. The molecule has 0 unspecified atom stereocenters. The normalized spacial score (nSPS) is 14.7. The van der Waals surface area contributed by atoms with Crippen LogP contribution in [-0.4, -0.2) is 23.2 Å². The quantitative estimate of drug-likeness (QED) is 0.900. The number of carboxylic acid groups (broad SMARTS) is 1. The Hall–Kier alpha value is -2.10. The molecule has 3 rings (SSSR count). The second-order valence-electron chi connectivity index (χ2n) is 4.55. The van der Waals surface area contributed by atoms with Gasteiger partial charge in [-0.1, -0.05) is 0 Å². The van der Waals surface area contributed by atoms with Crippen LogP contribution in [-0.2, 0) is 0 Å². The molecule has 1 aromatic carbocycles. The number of aromatic carboxylic acids is 1. The Morgan fingerprint density at radius 3 is 2.83 bits per heavy atom. The van der Waals surface area contributed by atoms with E-state index in [1.165, 1.54) is 31.6 Å². The van der Waals surface area contributed by atoms with Crippen LogP contribution in [0.25, 0.3) is 10.9 Å². The first-order valence-electron chi connectivity index (χ1n) is 5.90. The molecule has 4 heteroatoms. The van der Waals surface area contributed by atoms with Gasteiger partial charge in [-0.2, -0.15) is 0 Å². The van der Waals surface area contributed by atoms with E-state index >= 15 is 0 Å². The minimum atomic E-state index is -0.944. The van der Waals surface area contributed by atoms with E-state index in [9.17, 15) is 4.79 Å². The zero-order valence-corrected chi connectivity index (χ0v) is 10.0. The number of benzene rings is 1. The van der Waals surface area contributed by atoms with Crippen LogP contribution < -0.4 is 4.74 Å². The molecule has 0 atom stereocenters. The molecule has 0 aliphatic heterocycles. The van der Waals surface area contributed by atoms with Crippen LogP contribution in [0.3, 0.4) is 0 Å². The lowest BCUT2D eigenvalue weighted by Crippen LogP contribution is -1.99. The Bertz CT molecular complexity index is 632. The van der Waals surface area contributed by atoms with E-state index in [2.05, 4.69) is 4.98 Å². The molecule has 0 saturated heterocycles. The first-order valence-corrected chi connectivity index (χ1v) is 5.90. The van der Waals surface area contributed by atoms with Gasteiger partial charge in [0.2, 0.25) is 0 Å². The van der Waals surface area contributed by atoms with Gasteiger partial charge in [0.15, 0.2) is 0 Å². The van der Waals surface area contributed by atoms with Gasteiger partial charge in [-0.15, -0.1) is 0 Å². The summed E-state index contributed by atoms with van der Waals surface area (Å²) in [4.78, 5) is 15.4. The van der Waals surface area contributed by atoms with Crippen molar-refractivity contribution in [1.82, 2.24) is 4.98 Å². The third-order valence-electron chi connectivity index (χ3n) is 3.33. The maximum Gasteiger partial charge on any atom is 0.335 e. The van der Waals surface area contributed by atoms with E-state index in [0.29, 0.717) is 11.7 Å². The van der Waals surface area contributed by atoms with Gasteiger partial charge >= 0.3 is 5.97 Å². The fourth-order valence-electron chi connectivity index (χ4n) is 2.27. The van der Waals surface area contributed by atoms with Crippen molar-refractivity contribution in [3.8, 4) is 5.75 Å². The summed E-state index contributed by atoms with van der Waals surface area (Å²) < 4.78 is 5.25. The smallest absolute Gasteiger partial charge is 0.335 e. The molecule has 0 bridgehead atoms. The lowest BCUT2D eigenvalue weighted by molar-refractivity contribution is 0.0696. The fourth-order valence-corrected chi connectivity index (χ4v) is 2.27. The summed E-state index contributed by atoms with van der Waals surface area (Å²) >= 11 is 0. The Morgan fingerprint density at radius 2 is 2.22 bits per heavy atom. The highest BCUT2D eigenvalue weighted by Gasteiger charge is 2.26. The molecule has 0 spiro atoms. The molecule has 1 heterocycles. The van der Waals surface area contributed by atoms with Crippen LogP contribution in [0.5, 0.6) is 5.75 Å². The monoisotopic (exact) mass is 243 g/mol. The van der Waals surface area contributed by atoms with Gasteiger partial charge in [-0.3, -0.25) is 4.98 Å². The second kappa shape index (κ2) is 3.98. The lowest BCUT2D eigenvalue weighted by atomic mass is 10.0. The number of hydrogen-bond donors (Lipinski definition) is 1. The van der Waals surface area contributed by atoms with Crippen molar-refractivity contribution in [2.24, 2.45) is 0 Å². The van der Waals surface area contributed by atoms with Crippen molar-refractivity contribution in [3.05, 3.63) is 35.5 Å². The van der Waals surface area contributed by atoms with Crippen molar-refractivity contribution >= 4 is 16.9 Å². The van der Waals surface area contributed by atoms with E-state index in [1.54, 1.807) is 12.3 Å². The molecule has 1 saturated carbocycles. The van der Waals surface area contributed by atoms with Gasteiger partial charge in [0.1, 0.15) is 11.3 Å². The van der Waals surface area contributed by atoms with Gasteiger partial charge in [-0.05, 0) is 42.5 Å². The highest BCUT2D eigenvalue weighted by Crippen LogP contribution is 2.43. The molecule has 92 valence electrons. The van der Waals surface area contributed by atoms with Crippen LogP contribution in [0.15, 0.2) is 24.4 Å². The molecule has 2 aromatic rings. The van der Waals surface area contributed by atoms with Gasteiger partial charge in [0, 0.05) is 11.6 Å². The predicted molar refractivity (Wildman–Crippen MR) is 67.2 cm³/mol. The Kier molecular flexibility index (Phi) is 2.44. The number of pyridine rings is 1. The molecular weight excluding hydrogens is 230 g/mol. The van der Waals surface area contributed by atoms with Crippen LogP contribution >= 0.6 is 0 Å². The average Bonchev–Trinajstić information content (AvgIpc) is 3.20. The molecule has 0 radical (unpaired) electrons. The van der Waals surface area contributed by atoms with Gasteiger partial charge in [-0.25, -0.2) is 4.79 Å². The van der Waals surface area contributed by atoms with Crippen LogP contribution in [0.2, 0.25) is 0 Å². The summed E-state index contributed by atoms with van der Waals surface area (Å²) in [7, 11) is 1.53. The predicted octanol–water partition coefficient (Wildman–Crippen LogP) is 2.82. The number of methoxy groups -OCH3 is 1. The molecule has 1 fully saturated rings. The van der Waals surface area contributed by atoms with Crippen molar-refractivity contribution in [3.63, 3.8) is 0 Å². The number of ether oxygens (including phenoxy) is 1. The number of fused-ring (bicyclic) bond motifs is 1. The van der Waals surface area contributed by atoms with Crippen LogP contribution in [0.1, 0.15) is 34.7 Å². The minimum Gasteiger partial charge on any atom is -0.494 e. The largest absolute Gasteiger partial charge is 0.494 e. The number of nitrogens with zero attached hydrogens (tertiary/aromatic N) is 1. The third-order valence-corrected chi connectivity index (χ3v) is 3.33. The molecule has 1 aromatic heterocycles.